The summed E-state index contributed by atoms with van der Waals surface area (Å²) in [6.45, 7) is 3.96. The van der Waals surface area contributed by atoms with Gasteiger partial charge in [0.2, 0.25) is 11.8 Å². The van der Waals surface area contributed by atoms with Crippen molar-refractivity contribution in [1.82, 2.24) is 16.2 Å². The minimum Gasteiger partial charge on any atom is -0.326 e. The Morgan fingerprint density at radius 1 is 0.735 bits per heavy atom. The van der Waals surface area contributed by atoms with Crippen molar-refractivity contribution < 1.29 is 14.4 Å². The largest absolute Gasteiger partial charge is 0.326 e. The highest BCUT2D eigenvalue weighted by atomic mass is 32.1. The Balaban J connectivity index is 1.39. The van der Waals surface area contributed by atoms with E-state index in [-0.39, 0.29) is 23.9 Å². The summed E-state index contributed by atoms with van der Waals surface area (Å²) in [7, 11) is 0. The van der Waals surface area contributed by atoms with Crippen molar-refractivity contribution in [1.29, 1.82) is 0 Å². The molecule has 3 rings (SSSR count). The minimum absolute atomic E-state index is 0.00726. The molecular formula is C26H26N4O3S. The van der Waals surface area contributed by atoms with Gasteiger partial charge in [-0.1, -0.05) is 48.5 Å². The third kappa shape index (κ3) is 7.25. The monoisotopic (exact) mass is 474 g/mol. The summed E-state index contributed by atoms with van der Waals surface area (Å²) in [4.78, 5) is 36.5. The van der Waals surface area contributed by atoms with Crippen LogP contribution in [0.1, 0.15) is 34.3 Å². The zero-order valence-corrected chi connectivity index (χ0v) is 19.8. The number of thiocarbonyl (C=S) groups is 1. The maximum Gasteiger partial charge on any atom is 0.257 e. The lowest BCUT2D eigenvalue weighted by Gasteiger charge is -2.11. The van der Waals surface area contributed by atoms with Crippen LogP contribution in [0.15, 0.2) is 72.8 Å². The van der Waals surface area contributed by atoms with E-state index >= 15 is 0 Å². The number of carbonyl (C=O) groups is 3. The van der Waals surface area contributed by atoms with Gasteiger partial charge in [-0.2, -0.15) is 0 Å². The zero-order chi connectivity index (χ0) is 24.5. The fourth-order valence-electron chi connectivity index (χ4n) is 3.11. The summed E-state index contributed by atoms with van der Waals surface area (Å²) < 4.78 is 0. The summed E-state index contributed by atoms with van der Waals surface area (Å²) in [5.41, 5.74) is 10.2. The molecule has 34 heavy (non-hydrogen) atoms. The van der Waals surface area contributed by atoms with E-state index in [0.29, 0.717) is 11.3 Å². The van der Waals surface area contributed by atoms with Crippen molar-refractivity contribution in [2.75, 3.05) is 5.32 Å². The maximum atomic E-state index is 12.4. The van der Waals surface area contributed by atoms with Gasteiger partial charge in [-0.15, -0.1) is 0 Å². The molecule has 0 aliphatic carbocycles. The Kier molecular flexibility index (Phi) is 8.48. The van der Waals surface area contributed by atoms with Crippen LogP contribution in [0.25, 0.3) is 11.1 Å². The van der Waals surface area contributed by atoms with Crippen LogP contribution < -0.4 is 21.5 Å². The lowest BCUT2D eigenvalue weighted by Crippen LogP contribution is -2.48. The first-order valence-corrected chi connectivity index (χ1v) is 11.2. The Bertz CT molecular complexity index is 1190. The minimum atomic E-state index is -0.431. The van der Waals surface area contributed by atoms with Crippen molar-refractivity contribution in [2.24, 2.45) is 0 Å². The molecule has 0 saturated heterocycles. The highest BCUT2D eigenvalue weighted by molar-refractivity contribution is 7.80. The van der Waals surface area contributed by atoms with E-state index in [1.54, 1.807) is 12.1 Å². The number of hydrazine groups is 1. The summed E-state index contributed by atoms with van der Waals surface area (Å²) in [6, 6.07) is 22.6. The van der Waals surface area contributed by atoms with E-state index in [0.717, 1.165) is 22.3 Å². The molecule has 3 aromatic carbocycles. The highest BCUT2D eigenvalue weighted by Gasteiger charge is 2.11. The molecule has 7 nitrogen and oxygen atoms in total. The highest BCUT2D eigenvalue weighted by Crippen LogP contribution is 2.19. The second-order valence-electron chi connectivity index (χ2n) is 7.75. The number of hydrogen-bond acceptors (Lipinski definition) is 4. The number of nitrogens with one attached hydrogen (secondary N) is 4. The summed E-state index contributed by atoms with van der Waals surface area (Å²) >= 11 is 5.06. The van der Waals surface area contributed by atoms with Crippen LogP contribution in [-0.2, 0) is 9.59 Å². The van der Waals surface area contributed by atoms with Crippen molar-refractivity contribution in [2.45, 2.75) is 26.7 Å². The molecule has 0 aliphatic heterocycles. The van der Waals surface area contributed by atoms with Crippen LogP contribution in [0.4, 0.5) is 5.69 Å². The second kappa shape index (κ2) is 11.7. The standard InChI is InChI=1S/C26H26N4O3S/c1-17-8-13-22(16-18(17)2)27-23(31)14-15-24(32)29-30-26(34)28-25(33)21-11-9-20(10-12-21)19-6-4-3-5-7-19/h3-13,16H,14-15H2,1-2H3,(H,27,31)(H,29,32)(H2,28,30,33,34). The number of anilines is 1. The van der Waals surface area contributed by atoms with Crippen LogP contribution in [0, 0.1) is 13.8 Å². The molecule has 0 heterocycles. The third-order valence-electron chi connectivity index (χ3n) is 5.17. The van der Waals surface area contributed by atoms with E-state index in [4.69, 9.17) is 12.2 Å². The molecule has 0 aliphatic rings. The third-order valence-corrected chi connectivity index (χ3v) is 5.37. The number of amides is 3. The van der Waals surface area contributed by atoms with Gasteiger partial charge in [0.1, 0.15) is 0 Å². The first kappa shape index (κ1) is 24.6. The van der Waals surface area contributed by atoms with Gasteiger partial charge in [0, 0.05) is 24.1 Å². The van der Waals surface area contributed by atoms with Crippen LogP contribution >= 0.6 is 12.2 Å². The molecule has 0 radical (unpaired) electrons. The molecular weight excluding hydrogens is 448 g/mol. The lowest BCUT2D eigenvalue weighted by atomic mass is 10.0. The smallest absolute Gasteiger partial charge is 0.257 e. The SMILES string of the molecule is Cc1ccc(NC(=O)CCC(=O)NNC(=S)NC(=O)c2ccc(-c3ccccc3)cc2)cc1C. The van der Waals surface area contributed by atoms with Crippen molar-refractivity contribution in [3.8, 4) is 11.1 Å². The first-order chi connectivity index (χ1) is 16.3. The molecule has 0 saturated carbocycles. The van der Waals surface area contributed by atoms with E-state index < -0.39 is 11.8 Å². The van der Waals surface area contributed by atoms with Crippen molar-refractivity contribution in [3.63, 3.8) is 0 Å². The molecule has 3 amide bonds. The molecule has 8 heteroatoms. The predicted molar refractivity (Wildman–Crippen MR) is 137 cm³/mol. The van der Waals surface area contributed by atoms with Crippen molar-refractivity contribution >= 4 is 40.7 Å². The lowest BCUT2D eigenvalue weighted by molar-refractivity contribution is -0.124. The zero-order valence-electron chi connectivity index (χ0n) is 19.0. The Labute approximate surface area is 203 Å². The quantitative estimate of drug-likeness (QED) is 0.319. The van der Waals surface area contributed by atoms with Gasteiger partial charge < -0.3 is 5.32 Å². The van der Waals surface area contributed by atoms with E-state index in [2.05, 4.69) is 21.5 Å². The number of hydrogen-bond donors (Lipinski definition) is 4. The molecule has 0 unspecified atom stereocenters. The van der Waals surface area contributed by atoms with Gasteiger partial charge in [0.25, 0.3) is 5.91 Å². The van der Waals surface area contributed by atoms with Gasteiger partial charge in [-0.05, 0) is 72.6 Å². The van der Waals surface area contributed by atoms with Crippen LogP contribution in [0.5, 0.6) is 0 Å². The number of carbonyl (C=O) groups excluding carboxylic acids is 3. The molecule has 0 bridgehead atoms. The fraction of sp³-hybridized carbons (Fsp3) is 0.154. The van der Waals surface area contributed by atoms with E-state index in [9.17, 15) is 14.4 Å². The second-order valence-corrected chi connectivity index (χ2v) is 8.16. The number of rotatable bonds is 6. The first-order valence-electron chi connectivity index (χ1n) is 10.7. The number of benzene rings is 3. The molecule has 0 spiro atoms. The molecule has 0 atom stereocenters. The van der Waals surface area contributed by atoms with E-state index in [1.807, 2.05) is 74.5 Å². The Morgan fingerprint density at radius 3 is 2.06 bits per heavy atom. The van der Waals surface area contributed by atoms with E-state index in [1.165, 1.54) is 0 Å². The summed E-state index contributed by atoms with van der Waals surface area (Å²) in [5, 5.41) is 5.22. The fourth-order valence-corrected chi connectivity index (χ4v) is 3.25. The van der Waals surface area contributed by atoms with Gasteiger partial charge in [0.05, 0.1) is 0 Å². The summed E-state index contributed by atoms with van der Waals surface area (Å²) in [5.74, 6) is -1.11. The average molecular weight is 475 g/mol. The molecule has 0 aromatic heterocycles. The normalized spacial score (nSPS) is 10.2. The maximum absolute atomic E-state index is 12.4. The molecule has 174 valence electrons. The number of aryl methyl sites for hydroxylation is 2. The summed E-state index contributed by atoms with van der Waals surface area (Å²) in [6.07, 6.45) is -0.0332. The molecule has 3 aromatic rings. The van der Waals surface area contributed by atoms with Gasteiger partial charge in [-0.3, -0.25) is 30.6 Å². The predicted octanol–water partition coefficient (Wildman–Crippen LogP) is 4.02. The average Bonchev–Trinajstić information content (AvgIpc) is 2.84. The van der Waals surface area contributed by atoms with Gasteiger partial charge in [-0.25, -0.2) is 0 Å². The van der Waals surface area contributed by atoms with Crippen LogP contribution in [0.3, 0.4) is 0 Å². The van der Waals surface area contributed by atoms with Crippen LogP contribution in [-0.4, -0.2) is 22.8 Å². The van der Waals surface area contributed by atoms with Crippen molar-refractivity contribution in [3.05, 3.63) is 89.5 Å². The van der Waals surface area contributed by atoms with Crippen LogP contribution in [0.2, 0.25) is 0 Å². The molecule has 0 fully saturated rings. The van der Waals surface area contributed by atoms with Gasteiger partial charge in [0.15, 0.2) is 5.11 Å². The Morgan fingerprint density at radius 2 is 1.38 bits per heavy atom. The van der Waals surface area contributed by atoms with Gasteiger partial charge >= 0.3 is 0 Å². The molecule has 4 N–H and O–H groups in total. The topological polar surface area (TPSA) is 99.3 Å². The Hall–Kier alpha value is -4.04.